The summed E-state index contributed by atoms with van der Waals surface area (Å²) in [6, 6.07) is 0. The van der Waals surface area contributed by atoms with Crippen LogP contribution in [-0.2, 0) is 5.88 Å². The maximum atomic E-state index is 10.7. The Morgan fingerprint density at radius 1 is 1.82 bits per heavy atom. The first-order chi connectivity index (χ1) is 5.15. The van der Waals surface area contributed by atoms with E-state index in [1.54, 1.807) is 0 Å². The molecule has 0 aliphatic carbocycles. The number of rotatable bonds is 2. The van der Waals surface area contributed by atoms with Gasteiger partial charge >= 0.3 is 0 Å². The zero-order chi connectivity index (χ0) is 8.43. The van der Waals surface area contributed by atoms with Crippen LogP contribution in [0.25, 0.3) is 0 Å². The zero-order valence-corrected chi connectivity index (χ0v) is 7.50. The Morgan fingerprint density at radius 3 is 2.82 bits per heavy atom. The monoisotopic (exact) mass is 190 g/mol. The number of amides is 1. The van der Waals surface area contributed by atoms with Gasteiger partial charge in [0.05, 0.1) is 16.6 Å². The third-order valence-electron chi connectivity index (χ3n) is 1.15. The number of carbonyl (C=O) groups excluding carboxylic acids is 1. The van der Waals surface area contributed by atoms with Gasteiger partial charge in [0.15, 0.2) is 0 Å². The van der Waals surface area contributed by atoms with Crippen LogP contribution in [0, 0.1) is 6.92 Å². The Morgan fingerprint density at radius 2 is 2.45 bits per heavy atom. The fourth-order valence-corrected chi connectivity index (χ4v) is 1.81. The van der Waals surface area contributed by atoms with Crippen molar-refractivity contribution in [2.45, 2.75) is 12.8 Å². The smallest absolute Gasteiger partial charge is 0.260 e. The topological polar surface area (TPSA) is 56.0 Å². The molecule has 1 amide bonds. The SMILES string of the molecule is Cc1nc(CCl)c(C(N)=O)s1. The number of alkyl halides is 1. The van der Waals surface area contributed by atoms with Gasteiger partial charge in [0, 0.05) is 0 Å². The summed E-state index contributed by atoms with van der Waals surface area (Å²) in [6.45, 7) is 1.81. The van der Waals surface area contributed by atoms with E-state index in [-0.39, 0.29) is 5.88 Å². The van der Waals surface area contributed by atoms with Crippen molar-refractivity contribution in [1.29, 1.82) is 0 Å². The molecular formula is C6H7ClN2OS. The highest BCUT2D eigenvalue weighted by molar-refractivity contribution is 7.13. The molecule has 1 heterocycles. The highest BCUT2D eigenvalue weighted by Crippen LogP contribution is 2.18. The van der Waals surface area contributed by atoms with E-state index in [4.69, 9.17) is 17.3 Å². The quantitative estimate of drug-likeness (QED) is 0.715. The number of nitrogens with two attached hydrogens (primary N) is 1. The predicted octanol–water partition coefficient (Wildman–Crippen LogP) is 1.29. The van der Waals surface area contributed by atoms with Crippen LogP contribution >= 0.6 is 22.9 Å². The lowest BCUT2D eigenvalue weighted by Crippen LogP contribution is -2.10. The summed E-state index contributed by atoms with van der Waals surface area (Å²) < 4.78 is 0. The molecule has 3 nitrogen and oxygen atoms in total. The van der Waals surface area contributed by atoms with Gasteiger partial charge in [-0.15, -0.1) is 22.9 Å². The molecule has 0 spiro atoms. The molecule has 0 fully saturated rings. The number of nitrogens with zero attached hydrogens (tertiary/aromatic N) is 1. The van der Waals surface area contributed by atoms with Crippen molar-refractivity contribution in [2.75, 3.05) is 0 Å². The van der Waals surface area contributed by atoms with E-state index in [1.165, 1.54) is 11.3 Å². The third-order valence-corrected chi connectivity index (χ3v) is 2.44. The number of primary amides is 1. The molecule has 2 N–H and O–H groups in total. The lowest BCUT2D eigenvalue weighted by Gasteiger charge is -1.89. The second-order valence-electron chi connectivity index (χ2n) is 2.01. The number of thiazole rings is 1. The Bertz CT molecular complexity index is 284. The lowest BCUT2D eigenvalue weighted by atomic mass is 10.4. The molecule has 1 aromatic rings. The third kappa shape index (κ3) is 1.70. The van der Waals surface area contributed by atoms with E-state index >= 15 is 0 Å². The molecule has 0 atom stereocenters. The molecule has 0 saturated carbocycles. The minimum absolute atomic E-state index is 0.239. The molecule has 0 radical (unpaired) electrons. The van der Waals surface area contributed by atoms with Crippen LogP contribution in [-0.4, -0.2) is 10.9 Å². The highest BCUT2D eigenvalue weighted by atomic mass is 35.5. The van der Waals surface area contributed by atoms with Gasteiger partial charge in [-0.3, -0.25) is 4.79 Å². The van der Waals surface area contributed by atoms with E-state index in [0.29, 0.717) is 10.6 Å². The molecule has 0 aromatic carbocycles. The van der Waals surface area contributed by atoms with Crippen LogP contribution in [0.4, 0.5) is 0 Å². The van der Waals surface area contributed by atoms with Crippen molar-refractivity contribution in [3.8, 4) is 0 Å². The molecule has 0 saturated heterocycles. The molecule has 0 aliphatic rings. The fourth-order valence-electron chi connectivity index (χ4n) is 0.753. The summed E-state index contributed by atoms with van der Waals surface area (Å²) >= 11 is 6.80. The van der Waals surface area contributed by atoms with Gasteiger partial charge in [-0.25, -0.2) is 4.98 Å². The van der Waals surface area contributed by atoms with Gasteiger partial charge < -0.3 is 5.73 Å². The van der Waals surface area contributed by atoms with Crippen LogP contribution < -0.4 is 5.73 Å². The average Bonchev–Trinajstić information content (AvgIpc) is 2.30. The molecule has 11 heavy (non-hydrogen) atoms. The van der Waals surface area contributed by atoms with Gasteiger partial charge in [-0.2, -0.15) is 0 Å². The first kappa shape index (κ1) is 8.49. The number of hydrogen-bond acceptors (Lipinski definition) is 3. The van der Waals surface area contributed by atoms with Crippen molar-refractivity contribution in [1.82, 2.24) is 4.98 Å². The molecule has 60 valence electrons. The molecule has 1 rings (SSSR count). The number of hydrogen-bond donors (Lipinski definition) is 1. The van der Waals surface area contributed by atoms with Gasteiger partial charge in [-0.1, -0.05) is 0 Å². The maximum Gasteiger partial charge on any atom is 0.260 e. The molecule has 0 bridgehead atoms. The summed E-state index contributed by atoms with van der Waals surface area (Å²) in [5, 5.41) is 0.814. The van der Waals surface area contributed by atoms with Crippen LogP contribution in [0.3, 0.4) is 0 Å². The van der Waals surface area contributed by atoms with Crippen molar-refractivity contribution in [3.63, 3.8) is 0 Å². The van der Waals surface area contributed by atoms with Gasteiger partial charge in [0.1, 0.15) is 4.88 Å². The van der Waals surface area contributed by atoms with Gasteiger partial charge in [-0.05, 0) is 6.92 Å². The van der Waals surface area contributed by atoms with E-state index < -0.39 is 5.91 Å². The molecule has 0 aliphatic heterocycles. The summed E-state index contributed by atoms with van der Waals surface area (Å²) in [5.41, 5.74) is 5.66. The van der Waals surface area contributed by atoms with Crippen molar-refractivity contribution in [2.24, 2.45) is 5.73 Å². The van der Waals surface area contributed by atoms with Crippen molar-refractivity contribution >= 4 is 28.8 Å². The van der Waals surface area contributed by atoms with E-state index in [9.17, 15) is 4.79 Å². The van der Waals surface area contributed by atoms with Crippen LogP contribution in [0.1, 0.15) is 20.4 Å². The normalized spacial score (nSPS) is 10.0. The van der Waals surface area contributed by atoms with Crippen molar-refractivity contribution in [3.05, 3.63) is 15.6 Å². The van der Waals surface area contributed by atoms with E-state index in [0.717, 1.165) is 5.01 Å². The molecule has 1 aromatic heterocycles. The minimum atomic E-state index is -0.453. The Kier molecular flexibility index (Phi) is 2.46. The number of halogens is 1. The summed E-state index contributed by atoms with van der Waals surface area (Å²) in [6.07, 6.45) is 0. The second-order valence-corrected chi connectivity index (χ2v) is 3.48. The fraction of sp³-hybridized carbons (Fsp3) is 0.333. The highest BCUT2D eigenvalue weighted by Gasteiger charge is 2.11. The summed E-state index contributed by atoms with van der Waals surface area (Å²) in [4.78, 5) is 15.2. The van der Waals surface area contributed by atoms with E-state index in [1.807, 2.05) is 6.92 Å². The van der Waals surface area contributed by atoms with Gasteiger partial charge in [0.2, 0.25) is 0 Å². The first-order valence-corrected chi connectivity index (χ1v) is 4.32. The number of aryl methyl sites for hydroxylation is 1. The second kappa shape index (κ2) is 3.19. The lowest BCUT2D eigenvalue weighted by molar-refractivity contribution is 0.100. The minimum Gasteiger partial charge on any atom is -0.365 e. The number of aromatic nitrogens is 1. The Balaban J connectivity index is 3.12. The summed E-state index contributed by atoms with van der Waals surface area (Å²) in [7, 11) is 0. The van der Waals surface area contributed by atoms with Crippen LogP contribution in [0.2, 0.25) is 0 Å². The molecular weight excluding hydrogens is 184 g/mol. The Hall–Kier alpha value is -0.610. The van der Waals surface area contributed by atoms with Crippen molar-refractivity contribution < 1.29 is 4.79 Å². The largest absolute Gasteiger partial charge is 0.365 e. The van der Waals surface area contributed by atoms with E-state index in [2.05, 4.69) is 4.98 Å². The molecule has 5 heteroatoms. The average molecular weight is 191 g/mol. The standard InChI is InChI=1S/C6H7ClN2OS/c1-3-9-4(2-7)5(11-3)6(8)10/h2H2,1H3,(H2,8,10). The van der Waals surface area contributed by atoms with Crippen LogP contribution in [0.15, 0.2) is 0 Å². The maximum absolute atomic E-state index is 10.7. The zero-order valence-electron chi connectivity index (χ0n) is 5.93. The summed E-state index contributed by atoms with van der Waals surface area (Å²) in [5.74, 6) is -0.214. The first-order valence-electron chi connectivity index (χ1n) is 2.97. The van der Waals surface area contributed by atoms with Gasteiger partial charge in [0.25, 0.3) is 5.91 Å². The Labute approximate surface area is 73.2 Å². The number of carbonyl (C=O) groups is 1. The van der Waals surface area contributed by atoms with Crippen LogP contribution in [0.5, 0.6) is 0 Å². The molecule has 0 unspecified atom stereocenters. The predicted molar refractivity (Wildman–Crippen MR) is 44.9 cm³/mol.